The third-order valence-corrected chi connectivity index (χ3v) is 5.95. The summed E-state index contributed by atoms with van der Waals surface area (Å²) in [5, 5.41) is 13.2. The van der Waals surface area contributed by atoms with Crippen LogP contribution in [0.15, 0.2) is 59.9 Å². The van der Waals surface area contributed by atoms with E-state index in [0.717, 1.165) is 16.5 Å². The number of methoxy groups -OCH3 is 2. The third-order valence-electron chi connectivity index (χ3n) is 4.99. The van der Waals surface area contributed by atoms with Crippen LogP contribution in [0.25, 0.3) is 22.3 Å². The number of nitrogens with zero attached hydrogens (tertiary/aromatic N) is 3. The molecule has 0 aliphatic carbocycles. The van der Waals surface area contributed by atoms with E-state index in [2.05, 4.69) is 25.2 Å². The summed E-state index contributed by atoms with van der Waals surface area (Å²) in [7, 11) is 2.96. The fourth-order valence-electron chi connectivity index (χ4n) is 3.37. The van der Waals surface area contributed by atoms with E-state index in [0.29, 0.717) is 35.4 Å². The maximum atomic E-state index is 12.5. The summed E-state index contributed by atoms with van der Waals surface area (Å²) in [5.74, 6) is 0.244. The molecule has 0 saturated heterocycles. The van der Waals surface area contributed by atoms with Crippen LogP contribution in [0.1, 0.15) is 10.4 Å². The summed E-state index contributed by atoms with van der Waals surface area (Å²) in [6.07, 6.45) is 1.91. The van der Waals surface area contributed by atoms with E-state index >= 15 is 0 Å². The quantitative estimate of drug-likeness (QED) is 0.287. The molecule has 2 aromatic carbocycles. The Kier molecular flexibility index (Phi) is 7.06. The zero-order chi connectivity index (χ0) is 23.2. The SMILES string of the molecule is COCCn1c(SCC(=O)Nc2ccc(C(=O)OC)cc2)nnc1-c1c[nH]c2ccccc12. The average Bonchev–Trinajstić information content (AvgIpc) is 3.45. The largest absolute Gasteiger partial charge is 0.465 e. The number of aromatic nitrogens is 4. The fourth-order valence-corrected chi connectivity index (χ4v) is 4.13. The van der Waals surface area contributed by atoms with E-state index in [1.54, 1.807) is 31.4 Å². The number of rotatable bonds is 9. The Balaban J connectivity index is 1.47. The number of anilines is 1. The van der Waals surface area contributed by atoms with Gasteiger partial charge in [-0.2, -0.15) is 0 Å². The van der Waals surface area contributed by atoms with E-state index in [1.807, 2.05) is 35.0 Å². The number of hydrogen-bond donors (Lipinski definition) is 2. The second kappa shape index (κ2) is 10.3. The predicted molar refractivity (Wildman–Crippen MR) is 126 cm³/mol. The molecule has 0 radical (unpaired) electrons. The van der Waals surface area contributed by atoms with Crippen molar-refractivity contribution in [2.24, 2.45) is 0 Å². The summed E-state index contributed by atoms with van der Waals surface area (Å²) in [6, 6.07) is 14.5. The summed E-state index contributed by atoms with van der Waals surface area (Å²) in [4.78, 5) is 27.3. The zero-order valence-electron chi connectivity index (χ0n) is 18.2. The number of esters is 1. The number of carbonyl (C=O) groups excluding carboxylic acids is 2. The third kappa shape index (κ3) is 5.07. The first kappa shape index (κ1) is 22.6. The molecule has 0 aliphatic rings. The minimum atomic E-state index is -0.426. The normalized spacial score (nSPS) is 11.0. The van der Waals surface area contributed by atoms with Crippen LogP contribution in [0.2, 0.25) is 0 Å². The second-order valence-corrected chi connectivity index (χ2v) is 8.05. The molecule has 4 aromatic rings. The molecule has 2 heterocycles. The van der Waals surface area contributed by atoms with Crippen molar-refractivity contribution in [2.75, 3.05) is 31.9 Å². The van der Waals surface area contributed by atoms with Gasteiger partial charge in [0.2, 0.25) is 5.91 Å². The number of ether oxygens (including phenoxy) is 2. The standard InChI is InChI=1S/C23H23N5O4S/c1-31-12-11-28-21(18-13-24-19-6-4-3-5-17(18)19)26-27-23(28)33-14-20(29)25-16-9-7-15(8-10-16)22(30)32-2/h3-10,13,24H,11-12,14H2,1-2H3,(H,25,29). The highest BCUT2D eigenvalue weighted by Gasteiger charge is 2.18. The number of amides is 1. The molecule has 0 saturated carbocycles. The molecule has 170 valence electrons. The highest BCUT2D eigenvalue weighted by Crippen LogP contribution is 2.30. The van der Waals surface area contributed by atoms with Crippen LogP contribution < -0.4 is 5.32 Å². The van der Waals surface area contributed by atoms with Gasteiger partial charge in [-0.25, -0.2) is 4.79 Å². The molecule has 0 aliphatic heterocycles. The van der Waals surface area contributed by atoms with Gasteiger partial charge in [-0.1, -0.05) is 30.0 Å². The molecule has 0 fully saturated rings. The van der Waals surface area contributed by atoms with Gasteiger partial charge in [0.05, 0.1) is 31.6 Å². The molecule has 2 aromatic heterocycles. The van der Waals surface area contributed by atoms with Gasteiger partial charge in [0.15, 0.2) is 11.0 Å². The molecule has 0 spiro atoms. The maximum Gasteiger partial charge on any atom is 0.337 e. The lowest BCUT2D eigenvalue weighted by Gasteiger charge is -2.10. The summed E-state index contributed by atoms with van der Waals surface area (Å²) in [6.45, 7) is 1.04. The van der Waals surface area contributed by atoms with Gasteiger partial charge in [-0.3, -0.25) is 9.36 Å². The Bertz CT molecular complexity index is 1270. The Morgan fingerprint density at radius 1 is 1.09 bits per heavy atom. The number of benzene rings is 2. The lowest BCUT2D eigenvalue weighted by Crippen LogP contribution is -2.15. The molecule has 4 rings (SSSR count). The van der Waals surface area contributed by atoms with E-state index in [-0.39, 0.29) is 11.7 Å². The van der Waals surface area contributed by atoms with Crippen LogP contribution in [-0.2, 0) is 20.8 Å². The van der Waals surface area contributed by atoms with Crippen molar-refractivity contribution < 1.29 is 19.1 Å². The van der Waals surface area contributed by atoms with Crippen molar-refractivity contribution in [2.45, 2.75) is 11.7 Å². The Morgan fingerprint density at radius 3 is 2.64 bits per heavy atom. The van der Waals surface area contributed by atoms with Crippen LogP contribution in [0.3, 0.4) is 0 Å². The van der Waals surface area contributed by atoms with Crippen molar-refractivity contribution in [3.63, 3.8) is 0 Å². The first-order valence-electron chi connectivity index (χ1n) is 10.2. The minimum absolute atomic E-state index is 0.151. The molecule has 9 nitrogen and oxygen atoms in total. The Hall–Kier alpha value is -3.63. The zero-order valence-corrected chi connectivity index (χ0v) is 19.0. The first-order valence-corrected chi connectivity index (χ1v) is 11.2. The van der Waals surface area contributed by atoms with Crippen molar-refractivity contribution in [3.05, 3.63) is 60.3 Å². The van der Waals surface area contributed by atoms with Gasteiger partial charge >= 0.3 is 5.97 Å². The Morgan fingerprint density at radius 2 is 1.88 bits per heavy atom. The van der Waals surface area contributed by atoms with E-state index in [9.17, 15) is 9.59 Å². The van der Waals surface area contributed by atoms with Gasteiger partial charge < -0.3 is 19.8 Å². The molecule has 0 atom stereocenters. The summed E-state index contributed by atoms with van der Waals surface area (Å²) >= 11 is 1.30. The number of thioether (sulfide) groups is 1. The fraction of sp³-hybridized carbons (Fsp3) is 0.217. The molecular weight excluding hydrogens is 442 g/mol. The van der Waals surface area contributed by atoms with Crippen molar-refractivity contribution in [1.82, 2.24) is 19.7 Å². The molecule has 1 amide bonds. The monoisotopic (exact) mass is 465 g/mol. The van der Waals surface area contributed by atoms with Crippen molar-refractivity contribution >= 4 is 40.2 Å². The number of aromatic amines is 1. The van der Waals surface area contributed by atoms with Crippen LogP contribution in [0.4, 0.5) is 5.69 Å². The highest BCUT2D eigenvalue weighted by molar-refractivity contribution is 7.99. The van der Waals surface area contributed by atoms with Gasteiger partial charge in [-0.15, -0.1) is 10.2 Å². The molecule has 33 heavy (non-hydrogen) atoms. The molecule has 0 unspecified atom stereocenters. The number of H-pyrrole nitrogens is 1. The van der Waals surface area contributed by atoms with Crippen LogP contribution in [0, 0.1) is 0 Å². The number of hydrogen-bond acceptors (Lipinski definition) is 7. The number of nitrogens with one attached hydrogen (secondary N) is 2. The van der Waals surface area contributed by atoms with Gasteiger partial charge in [-0.05, 0) is 30.3 Å². The van der Waals surface area contributed by atoms with Crippen LogP contribution >= 0.6 is 11.8 Å². The van der Waals surface area contributed by atoms with Crippen LogP contribution in [0.5, 0.6) is 0 Å². The number of fused-ring (bicyclic) bond motifs is 1. The van der Waals surface area contributed by atoms with Gasteiger partial charge in [0, 0.05) is 35.5 Å². The van der Waals surface area contributed by atoms with Gasteiger partial charge in [0.25, 0.3) is 0 Å². The molecule has 10 heteroatoms. The lowest BCUT2D eigenvalue weighted by atomic mass is 10.1. The summed E-state index contributed by atoms with van der Waals surface area (Å²) < 4.78 is 11.9. The number of carbonyl (C=O) groups is 2. The van der Waals surface area contributed by atoms with Crippen LogP contribution in [-0.4, -0.2) is 58.2 Å². The van der Waals surface area contributed by atoms with Crippen molar-refractivity contribution in [1.29, 1.82) is 0 Å². The van der Waals surface area contributed by atoms with E-state index in [4.69, 9.17) is 4.74 Å². The molecular formula is C23H23N5O4S. The topological polar surface area (TPSA) is 111 Å². The highest BCUT2D eigenvalue weighted by atomic mass is 32.2. The average molecular weight is 466 g/mol. The smallest absolute Gasteiger partial charge is 0.337 e. The minimum Gasteiger partial charge on any atom is -0.465 e. The predicted octanol–water partition coefficient (Wildman–Crippen LogP) is 3.59. The first-order chi connectivity index (χ1) is 16.1. The maximum absolute atomic E-state index is 12.5. The van der Waals surface area contributed by atoms with E-state index < -0.39 is 5.97 Å². The molecule has 0 bridgehead atoms. The Labute approximate surface area is 194 Å². The van der Waals surface area contributed by atoms with Gasteiger partial charge in [0.1, 0.15) is 0 Å². The van der Waals surface area contributed by atoms with E-state index in [1.165, 1.54) is 18.9 Å². The molecule has 2 N–H and O–H groups in total. The summed E-state index contributed by atoms with van der Waals surface area (Å²) in [5.41, 5.74) is 2.96. The lowest BCUT2D eigenvalue weighted by molar-refractivity contribution is -0.113. The second-order valence-electron chi connectivity index (χ2n) is 7.10. The number of para-hydroxylation sites is 1. The van der Waals surface area contributed by atoms with Crippen molar-refractivity contribution in [3.8, 4) is 11.4 Å².